The molecule has 2 aliphatic rings. The van der Waals surface area contributed by atoms with E-state index in [1.807, 2.05) is 19.2 Å². The van der Waals surface area contributed by atoms with E-state index in [9.17, 15) is 0 Å². The molecule has 2 aliphatic heterocycles. The van der Waals surface area contributed by atoms with Gasteiger partial charge in [0.15, 0.2) is 5.96 Å². The molecule has 0 bridgehead atoms. The SMILES string of the molecule is CN=C(NCC(C)CN1CCCC1)N1CCN(Cc2cc(OC)ccc2OC)CC1. The Bertz CT molecular complexity index is 682. The number of benzene rings is 1. The van der Waals surface area contributed by atoms with Crippen LogP contribution in [0.4, 0.5) is 0 Å². The Labute approximate surface area is 182 Å². The van der Waals surface area contributed by atoms with Crippen LogP contribution in [0.2, 0.25) is 0 Å². The van der Waals surface area contributed by atoms with Crippen molar-refractivity contribution in [1.82, 2.24) is 20.0 Å². The largest absolute Gasteiger partial charge is 0.497 e. The van der Waals surface area contributed by atoms with Gasteiger partial charge >= 0.3 is 0 Å². The van der Waals surface area contributed by atoms with Crippen LogP contribution in [0.15, 0.2) is 23.2 Å². The Morgan fingerprint density at radius 1 is 1.03 bits per heavy atom. The second-order valence-electron chi connectivity index (χ2n) is 8.48. The van der Waals surface area contributed by atoms with E-state index in [4.69, 9.17) is 9.47 Å². The van der Waals surface area contributed by atoms with Crippen molar-refractivity contribution < 1.29 is 9.47 Å². The van der Waals surface area contributed by atoms with E-state index in [2.05, 4.69) is 38.0 Å². The van der Waals surface area contributed by atoms with Crippen molar-refractivity contribution in [3.63, 3.8) is 0 Å². The number of methoxy groups -OCH3 is 2. The summed E-state index contributed by atoms with van der Waals surface area (Å²) in [6.07, 6.45) is 2.71. The maximum absolute atomic E-state index is 5.54. The molecule has 1 aromatic carbocycles. The van der Waals surface area contributed by atoms with Crippen LogP contribution in [0.5, 0.6) is 11.5 Å². The monoisotopic (exact) mass is 417 g/mol. The number of rotatable bonds is 8. The molecule has 2 fully saturated rings. The van der Waals surface area contributed by atoms with Gasteiger partial charge in [-0.25, -0.2) is 0 Å². The van der Waals surface area contributed by atoms with Crippen LogP contribution < -0.4 is 14.8 Å². The predicted molar refractivity (Wildman–Crippen MR) is 123 cm³/mol. The highest BCUT2D eigenvalue weighted by molar-refractivity contribution is 5.80. The highest BCUT2D eigenvalue weighted by Crippen LogP contribution is 2.25. The van der Waals surface area contributed by atoms with Crippen LogP contribution >= 0.6 is 0 Å². The van der Waals surface area contributed by atoms with E-state index in [-0.39, 0.29) is 0 Å². The Morgan fingerprint density at radius 2 is 1.77 bits per heavy atom. The lowest BCUT2D eigenvalue weighted by atomic mass is 10.1. The first-order chi connectivity index (χ1) is 14.6. The first kappa shape index (κ1) is 22.7. The minimum Gasteiger partial charge on any atom is -0.497 e. The zero-order valence-corrected chi connectivity index (χ0v) is 19.2. The normalized spacial score (nSPS) is 19.7. The number of piperazine rings is 1. The van der Waals surface area contributed by atoms with Gasteiger partial charge in [0.2, 0.25) is 0 Å². The third-order valence-electron chi connectivity index (χ3n) is 6.14. The number of aliphatic imine (C=N–C) groups is 1. The number of hydrogen-bond acceptors (Lipinski definition) is 5. The zero-order valence-electron chi connectivity index (χ0n) is 19.2. The summed E-state index contributed by atoms with van der Waals surface area (Å²) in [5.41, 5.74) is 1.17. The third kappa shape index (κ3) is 6.25. The summed E-state index contributed by atoms with van der Waals surface area (Å²) < 4.78 is 10.9. The molecule has 0 amide bonds. The minimum atomic E-state index is 0.627. The quantitative estimate of drug-likeness (QED) is 0.517. The van der Waals surface area contributed by atoms with Crippen molar-refractivity contribution in [2.45, 2.75) is 26.3 Å². The van der Waals surface area contributed by atoms with E-state index < -0.39 is 0 Å². The van der Waals surface area contributed by atoms with Crippen molar-refractivity contribution in [2.75, 3.05) is 73.6 Å². The average Bonchev–Trinajstić information content (AvgIpc) is 3.28. The highest BCUT2D eigenvalue weighted by atomic mass is 16.5. The number of ether oxygens (including phenoxy) is 2. The molecule has 7 nitrogen and oxygen atoms in total. The fraction of sp³-hybridized carbons (Fsp3) is 0.696. The first-order valence-electron chi connectivity index (χ1n) is 11.2. The Morgan fingerprint density at radius 3 is 2.40 bits per heavy atom. The molecule has 7 heteroatoms. The second-order valence-corrected chi connectivity index (χ2v) is 8.48. The molecule has 1 atom stereocenters. The van der Waals surface area contributed by atoms with Crippen molar-refractivity contribution in [2.24, 2.45) is 10.9 Å². The molecule has 3 rings (SSSR count). The minimum absolute atomic E-state index is 0.627. The van der Waals surface area contributed by atoms with Crippen LogP contribution in [0.25, 0.3) is 0 Å². The van der Waals surface area contributed by atoms with E-state index >= 15 is 0 Å². The van der Waals surface area contributed by atoms with E-state index in [1.165, 1.54) is 38.0 Å². The lowest BCUT2D eigenvalue weighted by Gasteiger charge is -2.37. The molecule has 1 N–H and O–H groups in total. The van der Waals surface area contributed by atoms with Crippen LogP contribution in [0, 0.1) is 5.92 Å². The molecule has 0 saturated carbocycles. The van der Waals surface area contributed by atoms with Gasteiger partial charge < -0.3 is 24.6 Å². The summed E-state index contributed by atoms with van der Waals surface area (Å²) in [5.74, 6) is 3.45. The van der Waals surface area contributed by atoms with Gasteiger partial charge in [0.05, 0.1) is 14.2 Å². The molecular formula is C23H39N5O2. The van der Waals surface area contributed by atoms with Crippen molar-refractivity contribution in [1.29, 1.82) is 0 Å². The molecule has 1 unspecified atom stereocenters. The molecule has 0 aliphatic carbocycles. The number of nitrogens with one attached hydrogen (secondary N) is 1. The van der Waals surface area contributed by atoms with Crippen LogP contribution in [0.3, 0.4) is 0 Å². The summed E-state index contributed by atoms with van der Waals surface area (Å²) in [7, 11) is 5.32. The fourth-order valence-corrected chi connectivity index (χ4v) is 4.43. The summed E-state index contributed by atoms with van der Waals surface area (Å²) in [6, 6.07) is 6.01. The lowest BCUT2D eigenvalue weighted by Crippen LogP contribution is -2.52. The number of nitrogens with zero attached hydrogens (tertiary/aromatic N) is 4. The second kappa shape index (κ2) is 11.4. The van der Waals surface area contributed by atoms with Crippen molar-refractivity contribution in [3.05, 3.63) is 23.8 Å². The van der Waals surface area contributed by atoms with Gasteiger partial charge in [-0.2, -0.15) is 0 Å². The van der Waals surface area contributed by atoms with Crippen LogP contribution in [-0.4, -0.2) is 94.3 Å². The topological polar surface area (TPSA) is 52.6 Å². The third-order valence-corrected chi connectivity index (χ3v) is 6.14. The average molecular weight is 418 g/mol. The molecule has 0 spiro atoms. The lowest BCUT2D eigenvalue weighted by molar-refractivity contribution is 0.170. The Kier molecular flexibility index (Phi) is 8.63. The van der Waals surface area contributed by atoms with Gasteiger partial charge in [-0.3, -0.25) is 9.89 Å². The Balaban J connectivity index is 1.45. The molecule has 2 saturated heterocycles. The summed E-state index contributed by atoms with van der Waals surface area (Å²) in [6.45, 7) is 11.8. The van der Waals surface area contributed by atoms with Gasteiger partial charge in [-0.15, -0.1) is 0 Å². The highest BCUT2D eigenvalue weighted by Gasteiger charge is 2.21. The molecule has 0 aromatic heterocycles. The standard InChI is InChI=1S/C23H39N5O2/c1-19(17-26-9-5-6-10-26)16-25-23(24-2)28-13-11-27(12-14-28)18-20-15-21(29-3)7-8-22(20)30-4/h7-8,15,19H,5-6,9-14,16-18H2,1-4H3,(H,24,25). The van der Waals surface area contributed by atoms with Gasteiger partial charge in [-0.1, -0.05) is 6.92 Å². The fourth-order valence-electron chi connectivity index (χ4n) is 4.43. The predicted octanol–water partition coefficient (Wildman–Crippen LogP) is 2.13. The zero-order chi connectivity index (χ0) is 21.3. The molecule has 30 heavy (non-hydrogen) atoms. The van der Waals surface area contributed by atoms with E-state index in [1.54, 1.807) is 14.2 Å². The summed E-state index contributed by atoms with van der Waals surface area (Å²) in [5, 5.41) is 3.60. The molecule has 168 valence electrons. The maximum atomic E-state index is 5.54. The van der Waals surface area contributed by atoms with Gasteiger partial charge in [0.25, 0.3) is 0 Å². The number of likely N-dealkylation sites (tertiary alicyclic amines) is 1. The maximum Gasteiger partial charge on any atom is 0.193 e. The number of guanidine groups is 1. The Hall–Kier alpha value is -1.99. The molecular weight excluding hydrogens is 378 g/mol. The van der Waals surface area contributed by atoms with Crippen molar-refractivity contribution >= 4 is 5.96 Å². The number of hydrogen-bond donors (Lipinski definition) is 1. The molecule has 0 radical (unpaired) electrons. The van der Waals surface area contributed by atoms with Crippen molar-refractivity contribution in [3.8, 4) is 11.5 Å². The van der Waals surface area contributed by atoms with Crippen LogP contribution in [-0.2, 0) is 6.54 Å². The van der Waals surface area contributed by atoms with Gasteiger partial charge in [0, 0.05) is 58.4 Å². The van der Waals surface area contributed by atoms with Gasteiger partial charge in [0.1, 0.15) is 11.5 Å². The molecule has 1 aromatic rings. The van der Waals surface area contributed by atoms with E-state index in [0.717, 1.165) is 56.7 Å². The first-order valence-corrected chi connectivity index (χ1v) is 11.2. The summed E-state index contributed by atoms with van der Waals surface area (Å²) >= 11 is 0. The van der Waals surface area contributed by atoms with Gasteiger partial charge in [-0.05, 0) is 50.0 Å². The van der Waals surface area contributed by atoms with E-state index in [0.29, 0.717) is 5.92 Å². The smallest absolute Gasteiger partial charge is 0.193 e. The molecule has 2 heterocycles. The van der Waals surface area contributed by atoms with Crippen LogP contribution in [0.1, 0.15) is 25.3 Å². The summed E-state index contributed by atoms with van der Waals surface area (Å²) in [4.78, 5) is 12.0.